The molecule has 0 unspecified atom stereocenters. The number of methoxy groups -OCH3 is 1. The molecule has 0 aliphatic rings. The fourth-order valence-electron chi connectivity index (χ4n) is 3.10. The smallest absolute Gasteiger partial charge is 0.387 e. The molecule has 0 aliphatic carbocycles. The Labute approximate surface area is 185 Å². The first-order valence-corrected chi connectivity index (χ1v) is 10.0. The standard InChI is InChI=1S/C24H24F2N2O4/c1-28(15-7-11-19-16-20(27-32-19)17-8-4-3-5-9-17)22(29)14-13-18-10-6-12-21(30-2)23(18)31-24(25)26/h3-6,8-10,12-14,16,24H,7,11,15H2,1-2H3/b14-13+. The molecule has 168 valence electrons. The molecule has 0 atom stereocenters. The second-order valence-electron chi connectivity index (χ2n) is 7.00. The number of carbonyl (C=O) groups is 1. The van der Waals surface area contributed by atoms with Gasteiger partial charge >= 0.3 is 6.61 Å². The van der Waals surface area contributed by atoms with Gasteiger partial charge in [-0.25, -0.2) is 0 Å². The van der Waals surface area contributed by atoms with Crippen LogP contribution in [-0.2, 0) is 11.2 Å². The zero-order valence-corrected chi connectivity index (χ0v) is 17.8. The maximum absolute atomic E-state index is 12.7. The first-order valence-electron chi connectivity index (χ1n) is 10.0. The van der Waals surface area contributed by atoms with Gasteiger partial charge in [0.1, 0.15) is 11.5 Å². The summed E-state index contributed by atoms with van der Waals surface area (Å²) in [5, 5.41) is 4.08. The number of carbonyl (C=O) groups excluding carboxylic acids is 1. The van der Waals surface area contributed by atoms with Crippen LogP contribution in [0.25, 0.3) is 17.3 Å². The summed E-state index contributed by atoms with van der Waals surface area (Å²) in [7, 11) is 3.03. The van der Waals surface area contributed by atoms with E-state index in [-0.39, 0.29) is 17.4 Å². The molecule has 8 heteroatoms. The molecule has 0 saturated carbocycles. The Bertz CT molecular complexity index is 1050. The van der Waals surface area contributed by atoms with Gasteiger partial charge in [-0.1, -0.05) is 47.6 Å². The molecule has 6 nitrogen and oxygen atoms in total. The minimum atomic E-state index is -3.00. The Morgan fingerprint density at radius 2 is 1.97 bits per heavy atom. The molecule has 3 rings (SSSR count). The highest BCUT2D eigenvalue weighted by Gasteiger charge is 2.14. The Balaban J connectivity index is 1.54. The lowest BCUT2D eigenvalue weighted by Crippen LogP contribution is -2.26. The van der Waals surface area contributed by atoms with Crippen molar-refractivity contribution in [3.8, 4) is 22.8 Å². The van der Waals surface area contributed by atoms with Crippen molar-refractivity contribution < 1.29 is 27.6 Å². The second-order valence-corrected chi connectivity index (χ2v) is 7.00. The Hall–Kier alpha value is -3.68. The zero-order chi connectivity index (χ0) is 22.9. The molecular weight excluding hydrogens is 418 g/mol. The number of ether oxygens (including phenoxy) is 2. The van der Waals surface area contributed by atoms with Crippen molar-refractivity contribution in [1.82, 2.24) is 10.1 Å². The molecule has 2 aromatic carbocycles. The van der Waals surface area contributed by atoms with Crippen molar-refractivity contribution in [2.45, 2.75) is 19.5 Å². The first kappa shape index (κ1) is 23.0. The number of hydrogen-bond donors (Lipinski definition) is 0. The number of nitrogens with zero attached hydrogens (tertiary/aromatic N) is 2. The molecule has 1 heterocycles. The average Bonchev–Trinajstić information content (AvgIpc) is 3.27. The number of alkyl halides is 2. The maximum Gasteiger partial charge on any atom is 0.387 e. The van der Waals surface area contributed by atoms with E-state index in [2.05, 4.69) is 9.89 Å². The number of hydrogen-bond acceptors (Lipinski definition) is 5. The summed E-state index contributed by atoms with van der Waals surface area (Å²) in [6.07, 6.45) is 4.05. The lowest BCUT2D eigenvalue weighted by Gasteiger charge is -2.15. The van der Waals surface area contributed by atoms with Crippen LogP contribution in [0, 0.1) is 0 Å². The van der Waals surface area contributed by atoms with Crippen LogP contribution in [0.15, 0.2) is 65.2 Å². The summed E-state index contributed by atoms with van der Waals surface area (Å²) in [6, 6.07) is 16.3. The number of aromatic nitrogens is 1. The van der Waals surface area contributed by atoms with E-state index in [1.54, 1.807) is 24.1 Å². The molecule has 1 aromatic heterocycles. The predicted molar refractivity (Wildman–Crippen MR) is 117 cm³/mol. The fourth-order valence-corrected chi connectivity index (χ4v) is 3.10. The molecule has 0 saturated heterocycles. The summed E-state index contributed by atoms with van der Waals surface area (Å²) in [4.78, 5) is 14.0. The third-order valence-corrected chi connectivity index (χ3v) is 4.76. The van der Waals surface area contributed by atoms with Crippen molar-refractivity contribution in [1.29, 1.82) is 0 Å². The van der Waals surface area contributed by atoms with Crippen LogP contribution in [0.3, 0.4) is 0 Å². The van der Waals surface area contributed by atoms with E-state index in [4.69, 9.17) is 9.26 Å². The van der Waals surface area contributed by atoms with Crippen LogP contribution in [0.2, 0.25) is 0 Å². The average molecular weight is 442 g/mol. The van der Waals surface area contributed by atoms with Gasteiger partial charge in [0.2, 0.25) is 5.91 Å². The largest absolute Gasteiger partial charge is 0.493 e. The number of para-hydroxylation sites is 1. The Morgan fingerprint density at radius 3 is 2.69 bits per heavy atom. The second kappa shape index (κ2) is 11.1. The van der Waals surface area contributed by atoms with E-state index in [1.807, 2.05) is 36.4 Å². The van der Waals surface area contributed by atoms with Crippen LogP contribution in [0.4, 0.5) is 8.78 Å². The molecule has 3 aromatic rings. The summed E-state index contributed by atoms with van der Waals surface area (Å²) < 4.78 is 40.5. The number of likely N-dealkylation sites (N-methyl/N-ethyl adjacent to an activating group) is 1. The van der Waals surface area contributed by atoms with Crippen LogP contribution >= 0.6 is 0 Å². The van der Waals surface area contributed by atoms with Gasteiger partial charge < -0.3 is 18.9 Å². The van der Waals surface area contributed by atoms with E-state index in [1.165, 1.54) is 25.3 Å². The molecule has 0 spiro atoms. The highest BCUT2D eigenvalue weighted by atomic mass is 19.3. The normalized spacial score (nSPS) is 11.2. The first-order chi connectivity index (χ1) is 15.5. The summed E-state index contributed by atoms with van der Waals surface area (Å²) in [5.41, 5.74) is 2.07. The van der Waals surface area contributed by atoms with Crippen LogP contribution in [0.1, 0.15) is 17.7 Å². The topological polar surface area (TPSA) is 64.8 Å². The van der Waals surface area contributed by atoms with Gasteiger partial charge in [0.05, 0.1) is 7.11 Å². The molecule has 32 heavy (non-hydrogen) atoms. The third kappa shape index (κ3) is 6.16. The van der Waals surface area contributed by atoms with Crippen LogP contribution in [0.5, 0.6) is 11.5 Å². The van der Waals surface area contributed by atoms with Gasteiger partial charge in [0, 0.05) is 43.3 Å². The highest BCUT2D eigenvalue weighted by Crippen LogP contribution is 2.33. The van der Waals surface area contributed by atoms with Crippen molar-refractivity contribution in [2.75, 3.05) is 20.7 Å². The molecule has 0 fully saturated rings. The minimum Gasteiger partial charge on any atom is -0.493 e. The monoisotopic (exact) mass is 442 g/mol. The van der Waals surface area contributed by atoms with Gasteiger partial charge in [-0.05, 0) is 18.6 Å². The number of rotatable bonds is 10. The number of halogens is 2. The van der Waals surface area contributed by atoms with Gasteiger partial charge in [0.15, 0.2) is 11.5 Å². The molecule has 0 N–H and O–H groups in total. The summed E-state index contributed by atoms with van der Waals surface area (Å²) in [5.74, 6) is 0.523. The van der Waals surface area contributed by atoms with E-state index < -0.39 is 6.61 Å². The quantitative estimate of drug-likeness (QED) is 0.411. The van der Waals surface area contributed by atoms with Gasteiger partial charge in [-0.2, -0.15) is 8.78 Å². The summed E-state index contributed by atoms with van der Waals surface area (Å²) >= 11 is 0. The van der Waals surface area contributed by atoms with Crippen molar-refractivity contribution in [3.63, 3.8) is 0 Å². The van der Waals surface area contributed by atoms with Crippen LogP contribution < -0.4 is 9.47 Å². The summed E-state index contributed by atoms with van der Waals surface area (Å²) in [6.45, 7) is -2.52. The number of aryl methyl sites for hydroxylation is 1. The molecule has 0 radical (unpaired) electrons. The third-order valence-electron chi connectivity index (χ3n) is 4.76. The van der Waals surface area contributed by atoms with E-state index in [0.29, 0.717) is 24.9 Å². The minimum absolute atomic E-state index is 0.115. The number of amides is 1. The predicted octanol–water partition coefficient (Wildman–Crippen LogP) is 5.06. The fraction of sp³-hybridized carbons (Fsp3) is 0.250. The molecular formula is C24H24F2N2O4. The van der Waals surface area contributed by atoms with Crippen molar-refractivity contribution in [2.24, 2.45) is 0 Å². The van der Waals surface area contributed by atoms with Crippen LogP contribution in [-0.4, -0.2) is 43.3 Å². The maximum atomic E-state index is 12.7. The lowest BCUT2D eigenvalue weighted by molar-refractivity contribution is -0.124. The molecule has 0 bridgehead atoms. The Morgan fingerprint density at radius 1 is 1.19 bits per heavy atom. The van der Waals surface area contributed by atoms with Crippen molar-refractivity contribution in [3.05, 3.63) is 72.0 Å². The van der Waals surface area contributed by atoms with Gasteiger partial charge in [-0.15, -0.1) is 0 Å². The highest BCUT2D eigenvalue weighted by molar-refractivity contribution is 5.92. The number of benzene rings is 2. The van der Waals surface area contributed by atoms with E-state index in [9.17, 15) is 13.6 Å². The Kier molecular flexibility index (Phi) is 7.96. The SMILES string of the molecule is COc1cccc(/C=C/C(=O)N(C)CCCc2cc(-c3ccccc3)no2)c1OC(F)F. The van der Waals surface area contributed by atoms with Gasteiger partial charge in [0.25, 0.3) is 0 Å². The van der Waals surface area contributed by atoms with Crippen molar-refractivity contribution >= 4 is 12.0 Å². The van der Waals surface area contributed by atoms with E-state index in [0.717, 1.165) is 17.0 Å². The van der Waals surface area contributed by atoms with E-state index >= 15 is 0 Å². The molecule has 1 amide bonds. The zero-order valence-electron chi connectivity index (χ0n) is 17.8. The van der Waals surface area contributed by atoms with Gasteiger partial charge in [-0.3, -0.25) is 4.79 Å². The molecule has 0 aliphatic heterocycles. The lowest BCUT2D eigenvalue weighted by atomic mass is 10.1.